The minimum absolute atomic E-state index is 0.408. The van der Waals surface area contributed by atoms with Crippen LogP contribution in [0.1, 0.15) is 0 Å². The molecule has 0 bridgehead atoms. The number of anilines is 3. The molecule has 93 valence electrons. The maximum absolute atomic E-state index is 10.3. The zero-order valence-corrected chi connectivity index (χ0v) is 10.4. The van der Waals surface area contributed by atoms with Crippen molar-refractivity contribution in [2.24, 2.45) is 0 Å². The molecular formula is C10H12N5O2S+2. The molecule has 4 N–H and O–H groups in total. The summed E-state index contributed by atoms with van der Waals surface area (Å²) >= 11 is 1.28. The van der Waals surface area contributed by atoms with Crippen molar-refractivity contribution in [2.45, 2.75) is 0 Å². The lowest BCUT2D eigenvalue weighted by Crippen LogP contribution is -2.61. The minimum Gasteiger partial charge on any atom is -0.375 e. The van der Waals surface area contributed by atoms with Gasteiger partial charge in [-0.1, -0.05) is 28.7 Å². The number of aromatic nitrogens is 1. The number of benzene rings is 1. The Morgan fingerprint density at radius 1 is 1.50 bits per heavy atom. The zero-order valence-electron chi connectivity index (χ0n) is 9.57. The second-order valence-electron chi connectivity index (χ2n) is 3.72. The minimum atomic E-state index is -0.465. The average molecular weight is 266 g/mol. The summed E-state index contributed by atoms with van der Waals surface area (Å²) in [6.45, 7) is 0. The number of rotatable bonds is 2. The number of thiazole rings is 1. The number of para-hydroxylation sites is 2. The number of hydrogen-bond acceptors (Lipinski definition) is 7. The Morgan fingerprint density at radius 3 is 2.89 bits per heavy atom. The van der Waals surface area contributed by atoms with Crippen molar-refractivity contribution in [1.82, 2.24) is 15.0 Å². The third-order valence-corrected chi connectivity index (χ3v) is 3.40. The molecule has 18 heavy (non-hydrogen) atoms. The molecule has 0 aliphatic carbocycles. The molecule has 0 amide bonds. The molecule has 0 spiro atoms. The summed E-state index contributed by atoms with van der Waals surface area (Å²) in [4.78, 5) is 9.07. The van der Waals surface area contributed by atoms with Gasteiger partial charge in [0.2, 0.25) is 4.86 Å². The van der Waals surface area contributed by atoms with E-state index in [9.17, 15) is 5.21 Å². The number of nitrogens with two attached hydrogens (primary N) is 1. The second-order valence-corrected chi connectivity index (χ2v) is 4.61. The number of nitrogens with one attached hydrogen (secondary N) is 1. The fourth-order valence-electron chi connectivity index (χ4n) is 1.89. The molecule has 1 aromatic carbocycles. The standard InChI is InChI=1S/C10H12N5O2S/c1-17-15(9-6-18-10(11)12-9)13-7-4-2-3-5-8(7)14(15)16/h2-6,13,16H,1H3,(H2,11,12)/q+2. The lowest BCUT2D eigenvalue weighted by Gasteiger charge is -2.17. The molecule has 1 radical (unpaired) electrons. The lowest BCUT2D eigenvalue weighted by atomic mass is 10.3. The summed E-state index contributed by atoms with van der Waals surface area (Å²) < 4.78 is 0. The van der Waals surface area contributed by atoms with Crippen LogP contribution in [0.3, 0.4) is 0 Å². The monoisotopic (exact) mass is 266 g/mol. The van der Waals surface area contributed by atoms with Gasteiger partial charge in [-0.3, -0.25) is 0 Å². The third-order valence-electron chi connectivity index (χ3n) is 2.74. The van der Waals surface area contributed by atoms with Gasteiger partial charge < -0.3 is 5.73 Å². The van der Waals surface area contributed by atoms with E-state index in [0.29, 0.717) is 16.6 Å². The van der Waals surface area contributed by atoms with Crippen LogP contribution < -0.4 is 21.2 Å². The van der Waals surface area contributed by atoms with E-state index >= 15 is 0 Å². The van der Waals surface area contributed by atoms with Crippen LogP contribution in [-0.4, -0.2) is 17.3 Å². The van der Waals surface area contributed by atoms with E-state index in [1.165, 1.54) is 18.4 Å². The van der Waals surface area contributed by atoms with Crippen LogP contribution in [0, 0.1) is 0 Å². The van der Waals surface area contributed by atoms with Gasteiger partial charge in [-0.25, -0.2) is 0 Å². The number of quaternary nitrogens is 1. The van der Waals surface area contributed by atoms with Gasteiger partial charge in [0.05, 0.1) is 5.38 Å². The summed E-state index contributed by atoms with van der Waals surface area (Å²) in [6.07, 6.45) is 0. The molecule has 8 heteroatoms. The van der Waals surface area contributed by atoms with Gasteiger partial charge >= 0.3 is 11.5 Å². The number of nitrogen functional groups attached to an aromatic ring is 1. The van der Waals surface area contributed by atoms with Gasteiger partial charge in [0, 0.05) is 6.07 Å². The highest BCUT2D eigenvalue weighted by Gasteiger charge is 2.62. The Morgan fingerprint density at radius 2 is 2.28 bits per heavy atom. The van der Waals surface area contributed by atoms with Gasteiger partial charge in [0.1, 0.15) is 7.11 Å². The third kappa shape index (κ3) is 1.41. The Hall–Kier alpha value is -1.71. The first kappa shape index (κ1) is 11.4. The SMILES string of the molecule is CO[N+]1(c2csc(N)n2)Nc2ccccc2[N+]1O. The summed E-state index contributed by atoms with van der Waals surface area (Å²) in [6, 6.07) is 7.31. The molecule has 1 unspecified atom stereocenters. The van der Waals surface area contributed by atoms with Crippen LogP contribution in [0.4, 0.5) is 22.3 Å². The van der Waals surface area contributed by atoms with E-state index in [1.54, 1.807) is 11.4 Å². The molecule has 1 atom stereocenters. The van der Waals surface area contributed by atoms with Crippen LogP contribution >= 0.6 is 11.3 Å². The Balaban J connectivity index is 2.11. The molecule has 2 heterocycles. The molecular weight excluding hydrogens is 254 g/mol. The Kier molecular flexibility index (Phi) is 2.47. The van der Waals surface area contributed by atoms with E-state index in [-0.39, 0.29) is 0 Å². The van der Waals surface area contributed by atoms with Crippen LogP contribution in [0.15, 0.2) is 29.6 Å². The van der Waals surface area contributed by atoms with Crippen molar-refractivity contribution in [3.05, 3.63) is 29.6 Å². The lowest BCUT2D eigenvalue weighted by molar-refractivity contribution is -0.253. The fourth-order valence-corrected chi connectivity index (χ4v) is 2.46. The Labute approximate surface area is 107 Å². The van der Waals surface area contributed by atoms with Gasteiger partial charge in [0.25, 0.3) is 5.17 Å². The highest BCUT2D eigenvalue weighted by atomic mass is 32.1. The summed E-state index contributed by atoms with van der Waals surface area (Å²) in [5.74, 6) is 0.457. The van der Waals surface area contributed by atoms with Crippen molar-refractivity contribution in [3.8, 4) is 0 Å². The van der Waals surface area contributed by atoms with Gasteiger partial charge in [0.15, 0.2) is 10.8 Å². The summed E-state index contributed by atoms with van der Waals surface area (Å²) in [7, 11) is 1.47. The van der Waals surface area contributed by atoms with Crippen molar-refractivity contribution in [3.63, 3.8) is 0 Å². The van der Waals surface area contributed by atoms with Crippen LogP contribution in [0.5, 0.6) is 0 Å². The quantitative estimate of drug-likeness (QED) is 0.569. The van der Waals surface area contributed by atoms with Gasteiger partial charge in [-0.2, -0.15) is 4.98 Å². The second kappa shape index (κ2) is 3.90. The zero-order chi connectivity index (χ0) is 12.8. The van der Waals surface area contributed by atoms with E-state index in [1.807, 2.05) is 18.2 Å². The highest BCUT2D eigenvalue weighted by Crippen LogP contribution is 2.40. The number of fused-ring (bicyclic) bond motifs is 1. The van der Waals surface area contributed by atoms with E-state index in [0.717, 1.165) is 10.9 Å². The van der Waals surface area contributed by atoms with E-state index in [4.69, 9.17) is 10.6 Å². The normalized spacial score (nSPS) is 22.8. The van der Waals surface area contributed by atoms with Crippen LogP contribution in [0.2, 0.25) is 0 Å². The van der Waals surface area contributed by atoms with E-state index in [2.05, 4.69) is 10.4 Å². The Bertz CT molecular complexity index is 589. The summed E-state index contributed by atoms with van der Waals surface area (Å²) in [5, 5.41) is 13.4. The number of nitrogens with zero attached hydrogens (tertiary/aromatic N) is 3. The fraction of sp³-hybridized carbons (Fsp3) is 0.100. The first-order valence-corrected chi connectivity index (χ1v) is 6.08. The molecule has 1 aliphatic heterocycles. The molecule has 2 aromatic rings. The molecule has 1 aliphatic rings. The van der Waals surface area contributed by atoms with Gasteiger partial charge in [-0.15, -0.1) is 10.3 Å². The van der Waals surface area contributed by atoms with Gasteiger partial charge in [-0.05, 0) is 6.07 Å². The first-order valence-electron chi connectivity index (χ1n) is 5.20. The van der Waals surface area contributed by atoms with Crippen molar-refractivity contribution >= 4 is 33.7 Å². The molecule has 1 aromatic heterocycles. The van der Waals surface area contributed by atoms with Crippen molar-refractivity contribution in [1.29, 1.82) is 0 Å². The molecule has 0 saturated heterocycles. The molecule has 0 fully saturated rings. The molecule has 3 rings (SSSR count). The van der Waals surface area contributed by atoms with E-state index < -0.39 is 4.86 Å². The molecule has 7 nitrogen and oxygen atoms in total. The maximum Gasteiger partial charge on any atom is 0.362 e. The van der Waals surface area contributed by atoms with Crippen LogP contribution in [-0.2, 0) is 4.84 Å². The van der Waals surface area contributed by atoms with Crippen molar-refractivity contribution < 1.29 is 10.0 Å². The highest BCUT2D eigenvalue weighted by molar-refractivity contribution is 7.13. The largest absolute Gasteiger partial charge is 0.375 e. The number of hydrogen-bond donors (Lipinski definition) is 3. The average Bonchev–Trinajstić information content (AvgIpc) is 2.93. The summed E-state index contributed by atoms with van der Waals surface area (Å²) in [5.41, 5.74) is 10.0. The predicted octanol–water partition coefficient (Wildman–Crippen LogP) is 1.71. The maximum atomic E-state index is 10.3. The topological polar surface area (TPSA) is 86.3 Å². The first-order chi connectivity index (χ1) is 8.67. The predicted molar refractivity (Wildman–Crippen MR) is 69.0 cm³/mol. The smallest absolute Gasteiger partial charge is 0.362 e. The van der Waals surface area contributed by atoms with Crippen LogP contribution in [0.25, 0.3) is 0 Å². The molecule has 0 saturated carbocycles. The van der Waals surface area contributed by atoms with Crippen molar-refractivity contribution in [2.75, 3.05) is 18.3 Å².